The third-order valence-corrected chi connectivity index (χ3v) is 7.54. The highest BCUT2D eigenvalue weighted by Gasteiger charge is 2.64. The molecule has 0 heterocycles. The topological polar surface area (TPSA) is 59.9 Å². The summed E-state index contributed by atoms with van der Waals surface area (Å²) in [6, 6.07) is 11.2. The first-order chi connectivity index (χ1) is 14.9. The van der Waals surface area contributed by atoms with Crippen molar-refractivity contribution in [3.8, 4) is 11.5 Å². The maximum Gasteiger partial charge on any atom is 0.244 e. The fourth-order valence-electron chi connectivity index (χ4n) is 4.81. The van der Waals surface area contributed by atoms with Crippen LogP contribution in [0.1, 0.15) is 43.7 Å². The van der Waals surface area contributed by atoms with Crippen molar-refractivity contribution in [1.29, 1.82) is 0 Å². The number of carbonyl (C=O) groups is 1. The average molecular weight is 506 g/mol. The van der Waals surface area contributed by atoms with Crippen molar-refractivity contribution < 1.29 is 14.3 Å². The maximum atomic E-state index is 12.6. The lowest BCUT2D eigenvalue weighted by Crippen LogP contribution is -2.22. The van der Waals surface area contributed by atoms with E-state index >= 15 is 0 Å². The number of benzene rings is 2. The van der Waals surface area contributed by atoms with Gasteiger partial charge in [-0.25, -0.2) is 5.43 Å². The van der Waals surface area contributed by atoms with Gasteiger partial charge in [0.05, 0.1) is 17.8 Å². The number of ether oxygens (including phenoxy) is 2. The van der Waals surface area contributed by atoms with Crippen molar-refractivity contribution in [2.75, 3.05) is 7.11 Å². The molecular weight excluding hydrogens is 480 g/mol. The van der Waals surface area contributed by atoms with Gasteiger partial charge in [0.25, 0.3) is 0 Å². The smallest absolute Gasteiger partial charge is 0.244 e. The number of hydrogen-bond donors (Lipinski definition) is 1. The Kier molecular flexibility index (Phi) is 6.58. The normalized spacial score (nSPS) is 24.5. The average Bonchev–Trinajstić information content (AvgIpc) is 3.39. The maximum absolute atomic E-state index is 12.6. The summed E-state index contributed by atoms with van der Waals surface area (Å²) >= 11 is 9.76. The van der Waals surface area contributed by atoms with Crippen LogP contribution >= 0.6 is 27.5 Å². The first-order valence-corrected chi connectivity index (χ1v) is 11.7. The first-order valence-electron chi connectivity index (χ1n) is 10.5. The third-order valence-electron chi connectivity index (χ3n) is 6.58. The van der Waals surface area contributed by atoms with Crippen LogP contribution in [-0.2, 0) is 11.4 Å². The summed E-state index contributed by atoms with van der Waals surface area (Å²) in [7, 11) is 1.59. The Labute approximate surface area is 196 Å². The Balaban J connectivity index is 1.40. The van der Waals surface area contributed by atoms with Gasteiger partial charge >= 0.3 is 0 Å². The van der Waals surface area contributed by atoms with E-state index in [1.807, 2.05) is 36.4 Å². The van der Waals surface area contributed by atoms with Crippen LogP contribution in [0.2, 0.25) is 5.02 Å². The summed E-state index contributed by atoms with van der Waals surface area (Å²) in [5.74, 6) is 1.78. The molecule has 0 aliphatic heterocycles. The van der Waals surface area contributed by atoms with Crippen LogP contribution in [0.5, 0.6) is 11.5 Å². The fourth-order valence-corrected chi connectivity index (χ4v) is 5.57. The van der Waals surface area contributed by atoms with Gasteiger partial charge in [-0.2, -0.15) is 5.10 Å². The highest BCUT2D eigenvalue weighted by Crippen LogP contribution is 2.66. The van der Waals surface area contributed by atoms with Crippen LogP contribution in [0.3, 0.4) is 0 Å². The predicted octanol–water partition coefficient (Wildman–Crippen LogP) is 5.97. The zero-order valence-electron chi connectivity index (χ0n) is 17.7. The Morgan fingerprint density at radius 3 is 2.87 bits per heavy atom. The molecule has 0 saturated heterocycles. The van der Waals surface area contributed by atoms with Crippen molar-refractivity contribution >= 4 is 39.7 Å². The number of rotatable bonds is 7. The van der Waals surface area contributed by atoms with E-state index in [4.69, 9.17) is 21.1 Å². The second-order valence-electron chi connectivity index (χ2n) is 8.48. The minimum Gasteiger partial charge on any atom is -0.493 e. The lowest BCUT2D eigenvalue weighted by molar-refractivity contribution is -0.123. The molecule has 164 valence electrons. The van der Waals surface area contributed by atoms with Crippen LogP contribution in [0.15, 0.2) is 46.0 Å². The summed E-state index contributed by atoms with van der Waals surface area (Å²) in [4.78, 5) is 12.6. The summed E-state index contributed by atoms with van der Waals surface area (Å²) in [6.45, 7) is 2.55. The number of carbonyl (C=O) groups excluding carboxylic acids is 1. The number of halogens is 2. The second kappa shape index (κ2) is 9.21. The molecule has 3 atom stereocenters. The van der Waals surface area contributed by atoms with E-state index in [1.54, 1.807) is 13.3 Å². The highest BCUT2D eigenvalue weighted by molar-refractivity contribution is 9.10. The van der Waals surface area contributed by atoms with Gasteiger partial charge in [0.15, 0.2) is 11.5 Å². The fraction of sp³-hybridized carbons (Fsp3) is 0.417. The molecule has 4 rings (SSSR count). The highest BCUT2D eigenvalue weighted by atomic mass is 79.9. The number of nitrogens with one attached hydrogen (secondary N) is 1. The second-order valence-corrected chi connectivity index (χ2v) is 9.75. The number of fused-ring (bicyclic) bond motifs is 1. The van der Waals surface area contributed by atoms with E-state index in [0.717, 1.165) is 28.4 Å². The van der Waals surface area contributed by atoms with Crippen molar-refractivity contribution in [2.45, 2.75) is 39.2 Å². The molecule has 2 saturated carbocycles. The van der Waals surface area contributed by atoms with E-state index in [-0.39, 0.29) is 17.2 Å². The minimum atomic E-state index is 0.0244. The molecule has 1 N–H and O–H groups in total. The summed E-state index contributed by atoms with van der Waals surface area (Å²) in [6.07, 6.45) is 6.36. The predicted molar refractivity (Wildman–Crippen MR) is 126 cm³/mol. The molecule has 2 aliphatic carbocycles. The first kappa shape index (κ1) is 22.2. The third kappa shape index (κ3) is 4.60. The number of methoxy groups -OCH3 is 1. The molecule has 2 aromatic carbocycles. The molecule has 0 radical (unpaired) electrons. The molecule has 0 unspecified atom stereocenters. The molecule has 1 amide bonds. The molecule has 7 heteroatoms. The molecule has 2 aromatic rings. The van der Waals surface area contributed by atoms with E-state index < -0.39 is 0 Å². The Hall–Kier alpha value is -2.05. The van der Waals surface area contributed by atoms with Gasteiger partial charge in [0, 0.05) is 16.5 Å². The van der Waals surface area contributed by atoms with Gasteiger partial charge < -0.3 is 9.47 Å². The van der Waals surface area contributed by atoms with Crippen LogP contribution in [0.4, 0.5) is 0 Å². The lowest BCUT2D eigenvalue weighted by atomic mass is 9.90. The van der Waals surface area contributed by atoms with E-state index in [9.17, 15) is 4.79 Å². The monoisotopic (exact) mass is 504 g/mol. The molecule has 0 bridgehead atoms. The quantitative estimate of drug-likeness (QED) is 0.373. The molecule has 0 aromatic heterocycles. The summed E-state index contributed by atoms with van der Waals surface area (Å²) < 4.78 is 12.2. The van der Waals surface area contributed by atoms with E-state index in [1.165, 1.54) is 12.8 Å². The van der Waals surface area contributed by atoms with Gasteiger partial charge in [-0.1, -0.05) is 49.6 Å². The van der Waals surface area contributed by atoms with Crippen LogP contribution in [-0.4, -0.2) is 19.2 Å². The standard InChI is InChI=1S/C24H26BrClN2O3/c1-24-10-6-5-8-17(24)21(24)23(29)28-27-13-15-11-18(25)22(20(12-15)30-2)31-14-16-7-3-4-9-19(16)26/h3-4,7,9,11-13,17,21H,5-6,8,10,14H2,1-2H3,(H,28,29)/b27-13-/t17-,21+,24-/m1/s1. The minimum absolute atomic E-state index is 0.0244. The van der Waals surface area contributed by atoms with Crippen LogP contribution in [0.25, 0.3) is 0 Å². The molecule has 0 spiro atoms. The van der Waals surface area contributed by atoms with Crippen LogP contribution < -0.4 is 14.9 Å². The molecule has 5 nitrogen and oxygen atoms in total. The van der Waals surface area contributed by atoms with Gasteiger partial charge in [0.2, 0.25) is 5.91 Å². The van der Waals surface area contributed by atoms with E-state index in [2.05, 4.69) is 33.4 Å². The van der Waals surface area contributed by atoms with E-state index in [0.29, 0.717) is 29.0 Å². The summed E-state index contributed by atoms with van der Waals surface area (Å²) in [5.41, 5.74) is 4.57. The molecule has 31 heavy (non-hydrogen) atoms. The van der Waals surface area contributed by atoms with Crippen LogP contribution in [0, 0.1) is 17.3 Å². The number of amides is 1. The number of hydrazone groups is 1. The Morgan fingerprint density at radius 2 is 2.16 bits per heavy atom. The van der Waals surface area contributed by atoms with Gasteiger partial charge in [-0.3, -0.25) is 4.79 Å². The van der Waals surface area contributed by atoms with Gasteiger partial charge in [-0.15, -0.1) is 0 Å². The Bertz CT molecular complexity index is 1010. The van der Waals surface area contributed by atoms with Crippen molar-refractivity contribution in [1.82, 2.24) is 5.43 Å². The number of hydrogen-bond acceptors (Lipinski definition) is 4. The molecule has 2 aliphatic rings. The summed E-state index contributed by atoms with van der Waals surface area (Å²) in [5, 5.41) is 4.84. The van der Waals surface area contributed by atoms with Gasteiger partial charge in [0.1, 0.15) is 6.61 Å². The Morgan fingerprint density at radius 1 is 1.35 bits per heavy atom. The van der Waals surface area contributed by atoms with Crippen molar-refractivity contribution in [3.05, 3.63) is 57.0 Å². The molecular formula is C24H26BrClN2O3. The van der Waals surface area contributed by atoms with Gasteiger partial charge in [-0.05, 0) is 63.9 Å². The number of nitrogens with zero attached hydrogens (tertiary/aromatic N) is 1. The largest absolute Gasteiger partial charge is 0.493 e. The SMILES string of the molecule is COc1cc(/C=N\NC(=O)[C@@H]2[C@H]3CCCC[C@]32C)cc(Br)c1OCc1ccccc1Cl. The molecule has 2 fully saturated rings. The zero-order chi connectivity index (χ0) is 22.0. The lowest BCUT2D eigenvalue weighted by Gasteiger charge is -2.15. The zero-order valence-corrected chi connectivity index (χ0v) is 20.0. The van der Waals surface area contributed by atoms with Crippen molar-refractivity contribution in [3.63, 3.8) is 0 Å². The van der Waals surface area contributed by atoms with Crippen molar-refractivity contribution in [2.24, 2.45) is 22.4 Å².